The van der Waals surface area contributed by atoms with Crippen LogP contribution in [0, 0.1) is 11.7 Å². The number of unbranched alkanes of at least 4 members (excludes halogenated alkanes) is 1. The molecule has 0 aliphatic carbocycles. The number of alkyl carbamates (subject to hydrolysis) is 2. The molecule has 7 rings (SSSR count). The van der Waals surface area contributed by atoms with Gasteiger partial charge in [0.25, 0.3) is 5.91 Å². The molecule has 61 heavy (non-hydrogen) atoms. The molecule has 17 heteroatoms. The molecule has 6 aromatic rings. The van der Waals surface area contributed by atoms with Crippen molar-refractivity contribution in [2.45, 2.75) is 64.1 Å². The minimum absolute atomic E-state index is 0.0770. The van der Waals surface area contributed by atoms with Gasteiger partial charge in [0, 0.05) is 30.6 Å². The lowest BCUT2D eigenvalue weighted by atomic mass is 10.0. The number of hydrogen-bond acceptors (Lipinski definition) is 10. The van der Waals surface area contributed by atoms with Gasteiger partial charge < -0.3 is 44.7 Å². The lowest BCUT2D eigenvalue weighted by Crippen LogP contribution is -2.49. The second-order valence-electron chi connectivity index (χ2n) is 15.2. The van der Waals surface area contributed by atoms with Crippen molar-refractivity contribution < 1.29 is 37.5 Å². The van der Waals surface area contributed by atoms with Crippen molar-refractivity contribution in [1.82, 2.24) is 40.8 Å². The van der Waals surface area contributed by atoms with E-state index in [2.05, 4.69) is 40.6 Å². The number of carbonyl (C=O) groups is 4. The molecule has 3 aromatic carbocycles. The number of amides is 4. The Kier molecular flexibility index (Phi) is 12.8. The third kappa shape index (κ3) is 9.25. The van der Waals surface area contributed by atoms with Crippen molar-refractivity contribution in [2.75, 3.05) is 27.3 Å². The largest absolute Gasteiger partial charge is 0.456 e. The summed E-state index contributed by atoms with van der Waals surface area (Å²) in [5, 5.41) is 8.38. The monoisotopic (exact) mass is 834 g/mol. The van der Waals surface area contributed by atoms with Crippen LogP contribution >= 0.6 is 0 Å². The Balaban J connectivity index is 1.03. The topological polar surface area (TPSA) is 214 Å². The minimum Gasteiger partial charge on any atom is -0.456 e. The number of aryl methyl sites for hydroxylation is 1. The molecule has 5 N–H and O–H groups in total. The number of hydrogen-bond donors (Lipinski definition) is 5. The zero-order chi connectivity index (χ0) is 43.2. The van der Waals surface area contributed by atoms with Crippen LogP contribution in [0.4, 0.5) is 14.0 Å². The summed E-state index contributed by atoms with van der Waals surface area (Å²) in [5.74, 6) is -0.162. The van der Waals surface area contributed by atoms with Gasteiger partial charge in [-0.3, -0.25) is 14.4 Å². The van der Waals surface area contributed by atoms with Gasteiger partial charge in [-0.1, -0.05) is 44.2 Å². The molecule has 3 atom stereocenters. The summed E-state index contributed by atoms with van der Waals surface area (Å²) in [5.41, 5.74) is 2.60. The fourth-order valence-electron chi connectivity index (χ4n) is 7.58. The molecule has 1 fully saturated rings. The van der Waals surface area contributed by atoms with Gasteiger partial charge in [-0.2, -0.15) is 0 Å². The molecule has 0 bridgehead atoms. The van der Waals surface area contributed by atoms with Gasteiger partial charge in [-0.05, 0) is 67.5 Å². The van der Waals surface area contributed by atoms with E-state index in [1.165, 1.54) is 32.5 Å². The van der Waals surface area contributed by atoms with Crippen LogP contribution in [0.25, 0.3) is 44.5 Å². The predicted octanol–water partition coefficient (Wildman–Crippen LogP) is 6.45. The number of rotatable bonds is 14. The van der Waals surface area contributed by atoms with E-state index in [0.29, 0.717) is 78.5 Å². The van der Waals surface area contributed by atoms with E-state index in [4.69, 9.17) is 9.15 Å². The van der Waals surface area contributed by atoms with Crippen LogP contribution in [0.1, 0.15) is 68.8 Å². The highest BCUT2D eigenvalue weighted by molar-refractivity contribution is 5.93. The average molecular weight is 835 g/mol. The lowest BCUT2D eigenvalue weighted by Gasteiger charge is -2.28. The van der Waals surface area contributed by atoms with Crippen LogP contribution in [0.3, 0.4) is 0 Å². The standard InChI is InChI=1S/C44H47FN8O8/c1-24(2)37(51-43(57)59-3)41(55)46-17-9-8-14-36-47-23-32(49-36)27-21-35-29(20-30(27)45)39(54)28-19-26(15-16-34(28)61-35)31-22-48-40(50-31)33-13-10-18-53(33)42(56)38(52-44(58)60-4)25-11-6-5-7-12-25/h5-7,11-12,15-16,19-24,33,37-38H,8-10,13-14,17-18H2,1-4H3,(H,46,55)(H,47,49)(H,48,50)(H,51,57)(H,52,58)/t33-,37-,38+/m0/s1. The summed E-state index contributed by atoms with van der Waals surface area (Å²) in [7, 11) is 2.48. The lowest BCUT2D eigenvalue weighted by molar-refractivity contribution is -0.134. The van der Waals surface area contributed by atoms with Gasteiger partial charge >= 0.3 is 12.2 Å². The van der Waals surface area contributed by atoms with E-state index < -0.39 is 35.5 Å². The first-order valence-corrected chi connectivity index (χ1v) is 20.1. The van der Waals surface area contributed by atoms with Gasteiger partial charge in [0.05, 0.1) is 54.8 Å². The maximum atomic E-state index is 15.7. The molecule has 0 unspecified atom stereocenters. The number of H-pyrrole nitrogens is 2. The molecule has 3 aromatic heterocycles. The summed E-state index contributed by atoms with van der Waals surface area (Å²) < 4.78 is 31.3. The summed E-state index contributed by atoms with van der Waals surface area (Å²) in [4.78, 5) is 81.4. The first-order chi connectivity index (χ1) is 29.4. The second kappa shape index (κ2) is 18.5. The number of fused-ring (bicyclic) bond motifs is 2. The average Bonchev–Trinajstić information content (AvgIpc) is 4.06. The number of likely N-dealkylation sites (tertiary alicyclic amines) is 1. The minimum atomic E-state index is -0.954. The normalized spacial score (nSPS) is 14.9. The van der Waals surface area contributed by atoms with Crippen molar-refractivity contribution >= 4 is 45.9 Å². The first-order valence-electron chi connectivity index (χ1n) is 20.1. The van der Waals surface area contributed by atoms with E-state index in [-0.39, 0.29) is 45.7 Å². The Morgan fingerprint density at radius 2 is 1.64 bits per heavy atom. The SMILES string of the molecule is COC(=O)N[C@H](C(=O)NCCCCc1ncc(-c2cc3oc4ccc(-c5cnc([C@@H]6CCCN6C(=O)[C@H](NC(=O)OC)c6ccccc6)[nH]5)cc4c(=O)c3cc2F)[nH]1)C(C)C. The molecular weight excluding hydrogens is 788 g/mol. The Morgan fingerprint density at radius 3 is 2.39 bits per heavy atom. The Morgan fingerprint density at radius 1 is 0.902 bits per heavy atom. The Labute approximate surface area is 349 Å². The van der Waals surface area contributed by atoms with E-state index in [0.717, 1.165) is 6.42 Å². The summed E-state index contributed by atoms with van der Waals surface area (Å²) in [6, 6.07) is 14.7. The molecule has 0 spiro atoms. The third-order valence-electron chi connectivity index (χ3n) is 10.8. The fraction of sp³-hybridized carbons (Fsp3) is 0.341. The molecule has 4 heterocycles. The number of aromatic amines is 2. The smallest absolute Gasteiger partial charge is 0.407 e. The maximum absolute atomic E-state index is 15.7. The number of imidazole rings is 2. The van der Waals surface area contributed by atoms with Gasteiger partial charge in [0.1, 0.15) is 40.7 Å². The predicted molar refractivity (Wildman–Crippen MR) is 224 cm³/mol. The highest BCUT2D eigenvalue weighted by Gasteiger charge is 2.37. The molecule has 1 aliphatic heterocycles. The van der Waals surface area contributed by atoms with Gasteiger partial charge in [-0.25, -0.2) is 23.9 Å². The maximum Gasteiger partial charge on any atom is 0.407 e. The van der Waals surface area contributed by atoms with E-state index in [1.54, 1.807) is 53.6 Å². The fourth-order valence-corrected chi connectivity index (χ4v) is 7.58. The third-order valence-corrected chi connectivity index (χ3v) is 10.8. The molecule has 318 valence electrons. The summed E-state index contributed by atoms with van der Waals surface area (Å²) in [6.45, 7) is 4.52. The molecule has 16 nitrogen and oxygen atoms in total. The van der Waals surface area contributed by atoms with Crippen LogP contribution < -0.4 is 21.4 Å². The van der Waals surface area contributed by atoms with Crippen molar-refractivity contribution in [1.29, 1.82) is 0 Å². The van der Waals surface area contributed by atoms with Gasteiger partial charge in [0.15, 0.2) is 0 Å². The molecular formula is C44H47FN8O8. The van der Waals surface area contributed by atoms with Crippen molar-refractivity contribution in [2.24, 2.45) is 5.92 Å². The summed E-state index contributed by atoms with van der Waals surface area (Å²) in [6.07, 6.45) is 5.02. The molecule has 1 aliphatic rings. The zero-order valence-electron chi connectivity index (χ0n) is 34.2. The first kappa shape index (κ1) is 42.1. The molecule has 4 amide bonds. The van der Waals surface area contributed by atoms with Crippen molar-refractivity contribution in [3.05, 3.63) is 106 Å². The van der Waals surface area contributed by atoms with Crippen molar-refractivity contribution in [3.63, 3.8) is 0 Å². The number of nitrogens with zero attached hydrogens (tertiary/aromatic N) is 3. The second-order valence-corrected chi connectivity index (χ2v) is 15.2. The number of aromatic nitrogens is 4. The number of nitrogens with one attached hydrogen (secondary N) is 5. The van der Waals surface area contributed by atoms with Crippen LogP contribution in [0.15, 0.2) is 82.3 Å². The number of benzene rings is 3. The quantitative estimate of drug-likeness (QED) is 0.0598. The van der Waals surface area contributed by atoms with Gasteiger partial charge in [0.2, 0.25) is 11.3 Å². The number of carbonyl (C=O) groups excluding carboxylic acids is 4. The molecule has 0 radical (unpaired) electrons. The Hall–Kier alpha value is -7.04. The van der Waals surface area contributed by atoms with E-state index >= 15 is 4.39 Å². The highest BCUT2D eigenvalue weighted by atomic mass is 19.1. The van der Waals surface area contributed by atoms with Crippen LogP contribution in [-0.4, -0.2) is 82.2 Å². The van der Waals surface area contributed by atoms with Gasteiger partial charge in [-0.15, -0.1) is 0 Å². The molecule has 0 saturated carbocycles. The number of ether oxygens (including phenoxy) is 2. The van der Waals surface area contributed by atoms with Crippen LogP contribution in [0.5, 0.6) is 0 Å². The van der Waals surface area contributed by atoms with E-state index in [1.807, 2.05) is 19.9 Å². The van der Waals surface area contributed by atoms with E-state index in [9.17, 15) is 24.0 Å². The number of methoxy groups -OCH3 is 2. The zero-order valence-corrected chi connectivity index (χ0v) is 34.2. The van der Waals surface area contributed by atoms with Crippen molar-refractivity contribution in [3.8, 4) is 22.5 Å². The van der Waals surface area contributed by atoms with Crippen LogP contribution in [0.2, 0.25) is 0 Å². The Bertz CT molecular complexity index is 2620. The highest BCUT2D eigenvalue weighted by Crippen LogP contribution is 2.35. The van der Waals surface area contributed by atoms with Crippen LogP contribution in [-0.2, 0) is 25.5 Å². The molecule has 1 saturated heterocycles. The summed E-state index contributed by atoms with van der Waals surface area (Å²) >= 11 is 0. The number of halogens is 1.